The SMILES string of the molecule is C[C@@H]1[C@H](C)CCC[C@@H]1NC(=O)N1CCC(CC(=O)N2CCCC2)CC1. The van der Waals surface area contributed by atoms with Crippen molar-refractivity contribution in [3.05, 3.63) is 0 Å². The first-order chi connectivity index (χ1) is 12.0. The first kappa shape index (κ1) is 18.5. The van der Waals surface area contributed by atoms with E-state index in [1.54, 1.807) is 0 Å². The zero-order chi connectivity index (χ0) is 17.8. The second-order valence-electron chi connectivity index (χ2n) is 8.55. The first-order valence-electron chi connectivity index (χ1n) is 10.4. The summed E-state index contributed by atoms with van der Waals surface area (Å²) in [6, 6.07) is 0.431. The molecule has 0 aromatic rings. The summed E-state index contributed by atoms with van der Waals surface area (Å²) in [5.41, 5.74) is 0. The fraction of sp³-hybridized carbons (Fsp3) is 0.900. The highest BCUT2D eigenvalue weighted by Crippen LogP contribution is 2.30. The lowest BCUT2D eigenvalue weighted by atomic mass is 9.78. The summed E-state index contributed by atoms with van der Waals surface area (Å²) in [6.45, 7) is 8.04. The molecule has 142 valence electrons. The van der Waals surface area contributed by atoms with Crippen LogP contribution in [0, 0.1) is 17.8 Å². The highest BCUT2D eigenvalue weighted by atomic mass is 16.2. The molecule has 0 spiro atoms. The minimum Gasteiger partial charge on any atom is -0.343 e. The topological polar surface area (TPSA) is 52.7 Å². The summed E-state index contributed by atoms with van der Waals surface area (Å²) in [4.78, 5) is 28.9. The fourth-order valence-corrected chi connectivity index (χ4v) is 4.72. The molecule has 0 aromatic heterocycles. The lowest BCUT2D eigenvalue weighted by Crippen LogP contribution is -2.51. The maximum absolute atomic E-state index is 12.6. The molecule has 3 amide bonds. The molecule has 1 saturated carbocycles. The average Bonchev–Trinajstić information content (AvgIpc) is 3.14. The van der Waals surface area contributed by atoms with Gasteiger partial charge in [0, 0.05) is 38.6 Å². The van der Waals surface area contributed by atoms with Gasteiger partial charge in [-0.05, 0) is 49.9 Å². The van der Waals surface area contributed by atoms with Crippen LogP contribution in [0.4, 0.5) is 4.79 Å². The maximum Gasteiger partial charge on any atom is 0.317 e. The molecule has 3 aliphatic rings. The van der Waals surface area contributed by atoms with Crippen molar-refractivity contribution >= 4 is 11.9 Å². The number of likely N-dealkylation sites (tertiary alicyclic amines) is 2. The summed E-state index contributed by atoms with van der Waals surface area (Å²) in [7, 11) is 0. The summed E-state index contributed by atoms with van der Waals surface area (Å²) in [5, 5.41) is 3.28. The molecule has 1 N–H and O–H groups in total. The van der Waals surface area contributed by atoms with Gasteiger partial charge >= 0.3 is 6.03 Å². The van der Waals surface area contributed by atoms with Gasteiger partial charge in [-0.1, -0.05) is 26.7 Å². The zero-order valence-electron chi connectivity index (χ0n) is 16.0. The lowest BCUT2D eigenvalue weighted by Gasteiger charge is -2.38. The van der Waals surface area contributed by atoms with Gasteiger partial charge < -0.3 is 15.1 Å². The summed E-state index contributed by atoms with van der Waals surface area (Å²) < 4.78 is 0. The minimum absolute atomic E-state index is 0.107. The predicted octanol–water partition coefficient (Wildman–Crippen LogP) is 3.25. The van der Waals surface area contributed by atoms with E-state index in [2.05, 4.69) is 19.2 Å². The van der Waals surface area contributed by atoms with E-state index in [1.165, 1.54) is 12.8 Å². The molecule has 2 heterocycles. The van der Waals surface area contributed by atoms with Crippen LogP contribution in [0.2, 0.25) is 0 Å². The van der Waals surface area contributed by atoms with E-state index in [0.29, 0.717) is 36.1 Å². The number of carbonyl (C=O) groups is 2. The van der Waals surface area contributed by atoms with Crippen molar-refractivity contribution < 1.29 is 9.59 Å². The Morgan fingerprint density at radius 3 is 2.24 bits per heavy atom. The third-order valence-electron chi connectivity index (χ3n) is 6.84. The average molecular weight is 350 g/mol. The highest BCUT2D eigenvalue weighted by Gasteiger charge is 2.31. The molecule has 2 saturated heterocycles. The van der Waals surface area contributed by atoms with Crippen LogP contribution in [-0.4, -0.2) is 54.0 Å². The van der Waals surface area contributed by atoms with Crippen LogP contribution in [0.25, 0.3) is 0 Å². The van der Waals surface area contributed by atoms with Crippen LogP contribution >= 0.6 is 0 Å². The van der Waals surface area contributed by atoms with Crippen LogP contribution in [0.1, 0.15) is 65.2 Å². The molecule has 0 bridgehead atoms. The minimum atomic E-state index is 0.107. The molecule has 3 fully saturated rings. The molecule has 3 rings (SSSR count). The Morgan fingerprint density at radius 2 is 1.56 bits per heavy atom. The van der Waals surface area contributed by atoms with Gasteiger partial charge in [-0.25, -0.2) is 4.79 Å². The van der Waals surface area contributed by atoms with Crippen molar-refractivity contribution in [3.8, 4) is 0 Å². The molecule has 0 radical (unpaired) electrons. The van der Waals surface area contributed by atoms with E-state index in [0.717, 1.165) is 58.3 Å². The summed E-state index contributed by atoms with van der Waals surface area (Å²) in [5.74, 6) is 2.03. The lowest BCUT2D eigenvalue weighted by molar-refractivity contribution is -0.131. The number of nitrogens with one attached hydrogen (secondary N) is 1. The Kier molecular flexibility index (Phi) is 6.24. The number of urea groups is 1. The highest BCUT2D eigenvalue weighted by molar-refractivity contribution is 5.77. The van der Waals surface area contributed by atoms with Gasteiger partial charge in [0.25, 0.3) is 0 Å². The quantitative estimate of drug-likeness (QED) is 0.850. The van der Waals surface area contributed by atoms with Gasteiger partial charge in [-0.3, -0.25) is 4.79 Å². The van der Waals surface area contributed by atoms with Crippen LogP contribution in [0.5, 0.6) is 0 Å². The zero-order valence-corrected chi connectivity index (χ0v) is 16.0. The Morgan fingerprint density at radius 1 is 0.880 bits per heavy atom. The second-order valence-corrected chi connectivity index (χ2v) is 8.55. The smallest absolute Gasteiger partial charge is 0.317 e. The maximum atomic E-state index is 12.6. The van der Waals surface area contributed by atoms with Crippen molar-refractivity contribution in [1.29, 1.82) is 0 Å². The van der Waals surface area contributed by atoms with Crippen LogP contribution in [0.15, 0.2) is 0 Å². The molecule has 0 aromatic carbocycles. The van der Waals surface area contributed by atoms with Gasteiger partial charge in [0.05, 0.1) is 0 Å². The number of hydrogen-bond donors (Lipinski definition) is 1. The van der Waals surface area contributed by atoms with E-state index in [4.69, 9.17) is 0 Å². The number of nitrogens with zero attached hydrogens (tertiary/aromatic N) is 2. The second kappa shape index (κ2) is 8.41. The van der Waals surface area contributed by atoms with Crippen molar-refractivity contribution in [2.75, 3.05) is 26.2 Å². The van der Waals surface area contributed by atoms with Crippen LogP contribution < -0.4 is 5.32 Å². The number of hydrogen-bond acceptors (Lipinski definition) is 2. The van der Waals surface area contributed by atoms with Gasteiger partial charge in [0.1, 0.15) is 0 Å². The van der Waals surface area contributed by atoms with E-state index in [9.17, 15) is 9.59 Å². The summed E-state index contributed by atoms with van der Waals surface area (Å²) in [6.07, 6.45) is 8.52. The number of rotatable bonds is 3. The van der Waals surface area contributed by atoms with Gasteiger partial charge in [-0.15, -0.1) is 0 Å². The van der Waals surface area contributed by atoms with Gasteiger partial charge in [0.2, 0.25) is 5.91 Å². The van der Waals surface area contributed by atoms with Crippen molar-refractivity contribution in [3.63, 3.8) is 0 Å². The molecule has 0 unspecified atom stereocenters. The standard InChI is InChI=1S/C20H35N3O2/c1-15-6-5-7-18(16(15)2)21-20(25)23-12-8-17(9-13-23)14-19(24)22-10-3-4-11-22/h15-18H,3-14H2,1-2H3,(H,21,25)/t15-,16-,18+/m1/s1. The molecular weight excluding hydrogens is 314 g/mol. The third-order valence-corrected chi connectivity index (χ3v) is 6.84. The van der Waals surface area contributed by atoms with E-state index >= 15 is 0 Å². The predicted molar refractivity (Wildman–Crippen MR) is 99.2 cm³/mol. The third kappa shape index (κ3) is 4.68. The Hall–Kier alpha value is -1.26. The number of piperidine rings is 1. The van der Waals surface area contributed by atoms with Crippen molar-refractivity contribution in [2.24, 2.45) is 17.8 Å². The van der Waals surface area contributed by atoms with Gasteiger partial charge in [-0.2, -0.15) is 0 Å². The molecule has 5 nitrogen and oxygen atoms in total. The summed E-state index contributed by atoms with van der Waals surface area (Å²) >= 11 is 0. The molecule has 1 aliphatic carbocycles. The van der Waals surface area contributed by atoms with Gasteiger partial charge in [0.15, 0.2) is 0 Å². The molecule has 25 heavy (non-hydrogen) atoms. The molecular formula is C20H35N3O2. The Labute approximate surface area is 152 Å². The Balaban J connectivity index is 1.40. The number of amides is 3. The van der Waals surface area contributed by atoms with E-state index < -0.39 is 0 Å². The molecule has 5 heteroatoms. The van der Waals surface area contributed by atoms with Crippen molar-refractivity contribution in [2.45, 2.75) is 71.3 Å². The Bertz CT molecular complexity index is 468. The van der Waals surface area contributed by atoms with E-state index in [1.807, 2.05) is 9.80 Å². The number of carbonyl (C=O) groups excluding carboxylic acids is 2. The largest absolute Gasteiger partial charge is 0.343 e. The van der Waals surface area contributed by atoms with E-state index in [-0.39, 0.29) is 6.03 Å². The monoisotopic (exact) mass is 349 g/mol. The van der Waals surface area contributed by atoms with Crippen LogP contribution in [-0.2, 0) is 4.79 Å². The molecule has 2 aliphatic heterocycles. The normalized spacial score (nSPS) is 31.2. The fourth-order valence-electron chi connectivity index (χ4n) is 4.72. The molecule has 3 atom stereocenters. The van der Waals surface area contributed by atoms with Crippen LogP contribution in [0.3, 0.4) is 0 Å². The first-order valence-corrected chi connectivity index (χ1v) is 10.4. The van der Waals surface area contributed by atoms with Crippen molar-refractivity contribution in [1.82, 2.24) is 15.1 Å².